The summed E-state index contributed by atoms with van der Waals surface area (Å²) in [4.78, 5) is 19.4. The molecule has 138 valence electrons. The van der Waals surface area contributed by atoms with Gasteiger partial charge in [-0.3, -0.25) is 4.79 Å². The van der Waals surface area contributed by atoms with Crippen LogP contribution in [0, 0.1) is 11.8 Å². The lowest BCUT2D eigenvalue weighted by Gasteiger charge is -2.34. The second kappa shape index (κ2) is 7.43. The number of amides is 1. The Hall–Kier alpha value is -1.82. The minimum atomic E-state index is 0.206. The van der Waals surface area contributed by atoms with E-state index in [4.69, 9.17) is 4.98 Å². The van der Waals surface area contributed by atoms with E-state index in [1.165, 1.54) is 31.0 Å². The molecule has 5 nitrogen and oxygen atoms in total. The van der Waals surface area contributed by atoms with Crippen LogP contribution in [0.2, 0.25) is 0 Å². The van der Waals surface area contributed by atoms with E-state index >= 15 is 0 Å². The smallest absolute Gasteiger partial charge is 0.233 e. The first-order valence-corrected chi connectivity index (χ1v) is 10.5. The van der Waals surface area contributed by atoms with Gasteiger partial charge in [0, 0.05) is 19.0 Å². The van der Waals surface area contributed by atoms with Crippen LogP contribution in [0.5, 0.6) is 0 Å². The molecule has 1 aliphatic heterocycles. The fourth-order valence-electron chi connectivity index (χ4n) is 3.81. The van der Waals surface area contributed by atoms with E-state index in [0.717, 1.165) is 24.6 Å². The second-order valence-electron chi connectivity index (χ2n) is 7.81. The number of thioether (sulfide) groups is 1. The van der Waals surface area contributed by atoms with Crippen LogP contribution < -0.4 is 0 Å². The van der Waals surface area contributed by atoms with Gasteiger partial charge >= 0.3 is 0 Å². The number of carbonyl (C=O) groups is 1. The van der Waals surface area contributed by atoms with Gasteiger partial charge in [0.05, 0.1) is 11.4 Å². The molecule has 26 heavy (non-hydrogen) atoms. The van der Waals surface area contributed by atoms with Gasteiger partial charge in [-0.25, -0.2) is 9.67 Å². The number of piperidine rings is 1. The van der Waals surface area contributed by atoms with Gasteiger partial charge in [0.15, 0.2) is 0 Å². The first kappa shape index (κ1) is 17.6. The van der Waals surface area contributed by atoms with Crippen molar-refractivity contribution in [1.29, 1.82) is 0 Å². The molecule has 0 bridgehead atoms. The quantitative estimate of drug-likeness (QED) is 0.753. The predicted molar refractivity (Wildman–Crippen MR) is 104 cm³/mol. The Labute approximate surface area is 159 Å². The third kappa shape index (κ3) is 3.95. The van der Waals surface area contributed by atoms with Gasteiger partial charge in [-0.05, 0) is 43.2 Å². The number of hydrogen-bond acceptors (Lipinski definition) is 4. The first-order chi connectivity index (χ1) is 12.6. The Morgan fingerprint density at radius 3 is 2.50 bits per heavy atom. The molecule has 0 unspecified atom stereocenters. The van der Waals surface area contributed by atoms with Crippen LogP contribution in [-0.2, 0) is 4.79 Å². The minimum Gasteiger partial charge on any atom is -0.341 e. The van der Waals surface area contributed by atoms with Crippen LogP contribution in [-0.4, -0.2) is 44.4 Å². The number of benzene rings is 1. The third-order valence-corrected chi connectivity index (χ3v) is 5.92. The number of nitrogens with zero attached hydrogens (tertiary/aromatic N) is 4. The Bertz CT molecular complexity index is 761. The molecular formula is C20H26N4OS. The lowest BCUT2D eigenvalue weighted by atomic mass is 9.92. The Balaban J connectivity index is 1.44. The molecule has 2 fully saturated rings. The van der Waals surface area contributed by atoms with Crippen molar-refractivity contribution < 1.29 is 4.79 Å². The fraction of sp³-hybridized carbons (Fsp3) is 0.550. The van der Waals surface area contributed by atoms with Crippen molar-refractivity contribution >= 4 is 17.7 Å². The molecule has 0 N–H and O–H groups in total. The molecule has 2 aliphatic rings. The van der Waals surface area contributed by atoms with Crippen molar-refractivity contribution in [3.63, 3.8) is 0 Å². The highest BCUT2D eigenvalue weighted by atomic mass is 32.2. The molecule has 0 radical (unpaired) electrons. The summed E-state index contributed by atoms with van der Waals surface area (Å²) in [5.41, 5.74) is 1.04. The molecule has 1 aromatic heterocycles. The Kier molecular flexibility index (Phi) is 5.02. The number of rotatable bonds is 5. The van der Waals surface area contributed by atoms with Crippen molar-refractivity contribution in [2.45, 2.75) is 44.2 Å². The maximum absolute atomic E-state index is 12.6. The summed E-state index contributed by atoms with van der Waals surface area (Å²) >= 11 is 1.47. The number of hydrogen-bond donors (Lipinski definition) is 0. The summed E-state index contributed by atoms with van der Waals surface area (Å²) in [6, 6.07) is 10.1. The first-order valence-electron chi connectivity index (χ1n) is 9.53. The monoisotopic (exact) mass is 370 g/mol. The molecule has 1 amide bonds. The number of carbonyl (C=O) groups excluding carboxylic acids is 1. The highest BCUT2D eigenvalue weighted by Gasteiger charge is 2.31. The zero-order valence-electron chi connectivity index (χ0n) is 15.5. The van der Waals surface area contributed by atoms with E-state index in [0.29, 0.717) is 28.7 Å². The molecule has 4 rings (SSSR count). The van der Waals surface area contributed by atoms with Crippen molar-refractivity contribution in [2.75, 3.05) is 18.8 Å². The maximum atomic E-state index is 12.6. The zero-order valence-corrected chi connectivity index (χ0v) is 16.3. The van der Waals surface area contributed by atoms with E-state index in [9.17, 15) is 4.79 Å². The van der Waals surface area contributed by atoms with E-state index in [2.05, 4.69) is 31.1 Å². The molecule has 1 saturated heterocycles. The molecule has 2 atom stereocenters. The van der Waals surface area contributed by atoms with Gasteiger partial charge in [-0.2, -0.15) is 0 Å². The minimum absolute atomic E-state index is 0.206. The van der Waals surface area contributed by atoms with E-state index < -0.39 is 0 Å². The summed E-state index contributed by atoms with van der Waals surface area (Å²) < 4.78 is 1.95. The highest BCUT2D eigenvalue weighted by molar-refractivity contribution is 7.99. The van der Waals surface area contributed by atoms with Crippen molar-refractivity contribution in [1.82, 2.24) is 19.7 Å². The molecule has 6 heteroatoms. The number of likely N-dealkylation sites (tertiary alicyclic amines) is 1. The summed E-state index contributed by atoms with van der Waals surface area (Å²) in [5, 5.41) is 5.40. The van der Waals surface area contributed by atoms with Crippen LogP contribution >= 0.6 is 11.8 Å². The van der Waals surface area contributed by atoms with Gasteiger partial charge < -0.3 is 4.90 Å². The SMILES string of the molecule is C[C@H]1C[C@H](C)CN(C(=O)CSc2nc(C3CC3)n(-c3ccccc3)n2)C1. The molecule has 2 heterocycles. The van der Waals surface area contributed by atoms with Crippen molar-refractivity contribution in [3.8, 4) is 5.69 Å². The van der Waals surface area contributed by atoms with Crippen LogP contribution in [0.1, 0.15) is 44.9 Å². The third-order valence-electron chi connectivity index (χ3n) is 5.10. The van der Waals surface area contributed by atoms with Crippen molar-refractivity contribution in [2.24, 2.45) is 11.8 Å². The lowest BCUT2D eigenvalue weighted by Crippen LogP contribution is -2.43. The Morgan fingerprint density at radius 2 is 1.85 bits per heavy atom. The molecule has 1 aliphatic carbocycles. The average Bonchev–Trinajstić information content (AvgIpc) is 3.39. The molecule has 0 spiro atoms. The molecule has 2 aromatic rings. The number of aromatic nitrogens is 3. The lowest BCUT2D eigenvalue weighted by molar-refractivity contribution is -0.130. The van der Waals surface area contributed by atoms with E-state index in [1.54, 1.807) is 0 Å². The van der Waals surface area contributed by atoms with Gasteiger partial charge in [0.25, 0.3) is 0 Å². The summed E-state index contributed by atoms with van der Waals surface area (Å²) in [6.07, 6.45) is 3.57. The molecular weight excluding hydrogens is 344 g/mol. The summed E-state index contributed by atoms with van der Waals surface area (Å²) in [7, 11) is 0. The zero-order chi connectivity index (χ0) is 18.1. The van der Waals surface area contributed by atoms with E-state index in [-0.39, 0.29) is 5.91 Å². The molecule has 1 aromatic carbocycles. The molecule has 1 saturated carbocycles. The average molecular weight is 371 g/mol. The summed E-state index contributed by atoms with van der Waals surface area (Å²) in [5.74, 6) is 3.34. The fourth-order valence-corrected chi connectivity index (χ4v) is 4.55. The predicted octanol–water partition coefficient (Wildman–Crippen LogP) is 3.74. The topological polar surface area (TPSA) is 51.0 Å². The van der Waals surface area contributed by atoms with Gasteiger partial charge in [0.2, 0.25) is 11.1 Å². The highest BCUT2D eigenvalue weighted by Crippen LogP contribution is 2.40. The van der Waals surface area contributed by atoms with Crippen LogP contribution in [0.25, 0.3) is 5.69 Å². The maximum Gasteiger partial charge on any atom is 0.233 e. The van der Waals surface area contributed by atoms with E-state index in [1.807, 2.05) is 27.8 Å². The largest absolute Gasteiger partial charge is 0.341 e. The van der Waals surface area contributed by atoms with Crippen LogP contribution in [0.4, 0.5) is 0 Å². The van der Waals surface area contributed by atoms with Gasteiger partial charge in [-0.15, -0.1) is 5.10 Å². The van der Waals surface area contributed by atoms with Gasteiger partial charge in [-0.1, -0.05) is 43.8 Å². The van der Waals surface area contributed by atoms with Crippen molar-refractivity contribution in [3.05, 3.63) is 36.2 Å². The normalized spacial score (nSPS) is 23.2. The van der Waals surface area contributed by atoms with Gasteiger partial charge in [0.1, 0.15) is 5.82 Å². The standard InChI is InChI=1S/C20H26N4OS/c1-14-10-15(2)12-23(11-14)18(25)13-26-20-21-19(16-8-9-16)24(22-20)17-6-4-3-5-7-17/h3-7,14-16H,8-13H2,1-2H3/t14-,15-/m0/s1. The second-order valence-corrected chi connectivity index (χ2v) is 8.75. The van der Waals surface area contributed by atoms with Crippen LogP contribution in [0.15, 0.2) is 35.5 Å². The summed E-state index contributed by atoms with van der Waals surface area (Å²) in [6.45, 7) is 6.22. The van der Waals surface area contributed by atoms with Crippen LogP contribution in [0.3, 0.4) is 0 Å². The Morgan fingerprint density at radius 1 is 1.15 bits per heavy atom. The number of para-hydroxylation sites is 1.